The van der Waals surface area contributed by atoms with E-state index in [9.17, 15) is 8.42 Å². The summed E-state index contributed by atoms with van der Waals surface area (Å²) < 4.78 is 31.2. The molecule has 5 nitrogen and oxygen atoms in total. The second-order valence-corrected chi connectivity index (χ2v) is 3.80. The van der Waals surface area contributed by atoms with E-state index in [1.165, 1.54) is 12.1 Å². The summed E-state index contributed by atoms with van der Waals surface area (Å²) in [4.78, 5) is 0. The molecule has 0 heterocycles. The van der Waals surface area contributed by atoms with Crippen molar-refractivity contribution < 1.29 is 81.3 Å². The molecule has 0 aliphatic carbocycles. The maximum absolute atomic E-state index is 10.4. The zero-order valence-electron chi connectivity index (χ0n) is 8.36. The number of anilines is 2. The van der Waals surface area contributed by atoms with E-state index in [0.717, 1.165) is 5.56 Å². The van der Waals surface area contributed by atoms with Crippen LogP contribution in [0.15, 0.2) is 18.2 Å². The first-order valence-corrected chi connectivity index (χ1v) is 4.94. The van der Waals surface area contributed by atoms with Crippen molar-refractivity contribution in [3.05, 3.63) is 23.8 Å². The van der Waals surface area contributed by atoms with Crippen LogP contribution < -0.4 is 78.8 Å². The van der Waals surface area contributed by atoms with Crippen LogP contribution in [0.4, 0.5) is 11.4 Å². The van der Waals surface area contributed by atoms with E-state index in [0.29, 0.717) is 5.69 Å². The fraction of sp³-hybridized carbons (Fsp3) is 0.143. The molecule has 1 aromatic rings. The number of nitrogens with two attached hydrogens (primary N) is 1. The third-order valence-corrected chi connectivity index (χ3v) is 2.01. The Morgan fingerprint density at radius 3 is 2.33 bits per heavy atom. The Morgan fingerprint density at radius 1 is 1.40 bits per heavy atom. The van der Waals surface area contributed by atoms with Crippen LogP contribution >= 0.6 is 0 Å². The molecule has 0 radical (unpaired) electrons. The molecule has 1 rings (SSSR count). The first-order valence-electron chi connectivity index (χ1n) is 3.50. The van der Waals surface area contributed by atoms with Gasteiger partial charge in [-0.1, -0.05) is 0 Å². The van der Waals surface area contributed by atoms with E-state index in [1.54, 1.807) is 13.0 Å². The van der Waals surface area contributed by atoms with E-state index < -0.39 is 10.3 Å². The van der Waals surface area contributed by atoms with Gasteiger partial charge in [0.1, 0.15) is 0 Å². The van der Waals surface area contributed by atoms with Gasteiger partial charge in [0.25, 0.3) is 0 Å². The Kier molecular flexibility index (Phi) is 8.78. The van der Waals surface area contributed by atoms with Crippen LogP contribution in [-0.2, 0) is 10.3 Å². The minimum Gasteiger partial charge on any atom is -1.00 e. The molecule has 0 amide bonds. The maximum atomic E-state index is 10.4. The predicted octanol–water partition coefficient (Wildman–Crippen LogP) is -5.20. The molecule has 0 aliphatic rings. The largest absolute Gasteiger partial charge is 1.00 e. The average Bonchev–Trinajstić information content (AvgIpc) is 1.94. The monoisotopic (exact) mass is 320 g/mol. The van der Waals surface area contributed by atoms with Gasteiger partial charge in [-0.3, -0.25) is 9.27 Å². The molecule has 0 bridgehead atoms. The third kappa shape index (κ3) is 6.90. The van der Waals surface area contributed by atoms with Gasteiger partial charge in [-0.15, -0.1) is 0 Å². The van der Waals surface area contributed by atoms with E-state index in [-0.39, 0.29) is 74.1 Å². The summed E-state index contributed by atoms with van der Waals surface area (Å²) in [5.41, 5.74) is 7.11. The number of rotatable bonds is 2. The Hall–Kier alpha value is 0.846. The molecule has 0 aliphatic heterocycles. The third-order valence-electron chi connectivity index (χ3n) is 1.52. The topological polar surface area (TPSA) is 92.4 Å². The second-order valence-electron chi connectivity index (χ2n) is 2.65. The summed E-state index contributed by atoms with van der Waals surface area (Å²) in [7, 11) is -4.20. The van der Waals surface area contributed by atoms with Crippen molar-refractivity contribution in [3.8, 4) is 0 Å². The predicted molar refractivity (Wildman–Crippen MR) is 50.8 cm³/mol. The second kappa shape index (κ2) is 7.23. The molecule has 0 fully saturated rings. The van der Waals surface area contributed by atoms with Crippen LogP contribution in [0.3, 0.4) is 0 Å². The van der Waals surface area contributed by atoms with Crippen molar-refractivity contribution in [1.82, 2.24) is 0 Å². The molecule has 4 N–H and O–H groups in total. The van der Waals surface area contributed by atoms with E-state index in [4.69, 9.17) is 10.3 Å². The summed E-state index contributed by atoms with van der Waals surface area (Å²) in [6.45, 7) is 1.74. The van der Waals surface area contributed by atoms with Crippen molar-refractivity contribution in [1.29, 1.82) is 0 Å². The smallest absolute Gasteiger partial charge is 1.00 e. The summed E-state index contributed by atoms with van der Waals surface area (Å²) in [6, 6.07) is 4.56. The Morgan fingerprint density at radius 2 is 1.93 bits per heavy atom. The van der Waals surface area contributed by atoms with Crippen molar-refractivity contribution in [3.63, 3.8) is 0 Å². The van der Waals surface area contributed by atoms with Gasteiger partial charge in [0.2, 0.25) is 0 Å². The number of benzene rings is 1. The number of hydrogen-bond acceptors (Lipinski definition) is 3. The van der Waals surface area contributed by atoms with Crippen molar-refractivity contribution in [2.45, 2.75) is 6.92 Å². The van der Waals surface area contributed by atoms with Crippen LogP contribution in [0.1, 0.15) is 5.56 Å². The Balaban J connectivity index is 0. The molecule has 8 heteroatoms. The molecule has 0 saturated heterocycles. The van der Waals surface area contributed by atoms with Crippen LogP contribution in [-0.4, -0.2) is 13.0 Å². The van der Waals surface area contributed by atoms with E-state index in [2.05, 4.69) is 0 Å². The van der Waals surface area contributed by atoms with Gasteiger partial charge < -0.3 is 22.7 Å². The summed E-state index contributed by atoms with van der Waals surface area (Å²) in [5, 5.41) is 0. The first kappa shape index (κ1) is 18.2. The van der Waals surface area contributed by atoms with Gasteiger partial charge in [-0.2, -0.15) is 8.42 Å². The zero-order chi connectivity index (χ0) is 10.1. The molecule has 0 aromatic heterocycles. The molecule has 0 atom stereocenters. The number of nitrogens with one attached hydrogen (secondary N) is 1. The number of halogens is 1. The molecule has 0 saturated carbocycles. The zero-order valence-corrected chi connectivity index (χ0v) is 13.9. The van der Waals surface area contributed by atoms with Gasteiger partial charge in [-0.25, -0.2) is 0 Å². The molecule has 0 unspecified atom stereocenters. The normalized spacial score (nSPS) is 9.73. The molecular weight excluding hydrogens is 311 g/mol. The van der Waals surface area contributed by atoms with Crippen molar-refractivity contribution in [2.24, 2.45) is 0 Å². The van der Waals surface area contributed by atoms with Crippen molar-refractivity contribution >= 4 is 21.7 Å². The van der Waals surface area contributed by atoms with Gasteiger partial charge >= 0.3 is 61.7 Å². The average molecular weight is 321 g/mol. The van der Waals surface area contributed by atoms with E-state index >= 15 is 0 Å². The van der Waals surface area contributed by atoms with Crippen LogP contribution in [0.5, 0.6) is 0 Å². The molecule has 0 spiro atoms. The number of nitrogen functional groups attached to an aromatic ring is 1. The first-order chi connectivity index (χ1) is 5.88. The minimum atomic E-state index is -4.20. The fourth-order valence-corrected chi connectivity index (χ4v) is 1.31. The molecule has 80 valence electrons. The fourth-order valence-electron chi connectivity index (χ4n) is 0.888. The number of aryl methyl sites for hydroxylation is 1. The van der Waals surface area contributed by atoms with E-state index in [1.807, 2.05) is 4.72 Å². The quantitative estimate of drug-likeness (QED) is 0.288. The van der Waals surface area contributed by atoms with Crippen LogP contribution in [0, 0.1) is 6.92 Å². The van der Waals surface area contributed by atoms with Gasteiger partial charge in [0, 0.05) is 5.69 Å². The maximum Gasteiger partial charge on any atom is 1.00 e. The van der Waals surface area contributed by atoms with Crippen molar-refractivity contribution in [2.75, 3.05) is 10.5 Å². The standard InChI is InChI=1S/C7H10N2O3S.BrH.K/c1-5-4-6(2-3-7(5)8)9-13(10,11)12;;/h2-4,9H,8H2,1H3,(H,10,11,12);1H;/q;;+1/p-1. The Bertz CT molecular complexity index is 424. The molecule has 1 aromatic carbocycles. The van der Waals surface area contributed by atoms with Gasteiger partial charge in [-0.05, 0) is 30.7 Å². The minimum absolute atomic E-state index is 0. The van der Waals surface area contributed by atoms with Crippen LogP contribution in [0.2, 0.25) is 0 Å². The molecular formula is C7H10BrKN2O3S. The number of hydrogen-bond donors (Lipinski definition) is 3. The summed E-state index contributed by atoms with van der Waals surface area (Å²) in [5.74, 6) is 0. The Labute approximate surface area is 142 Å². The van der Waals surface area contributed by atoms with Gasteiger partial charge in [0.15, 0.2) is 0 Å². The van der Waals surface area contributed by atoms with Gasteiger partial charge in [0.05, 0.1) is 5.69 Å². The summed E-state index contributed by atoms with van der Waals surface area (Å²) >= 11 is 0. The SMILES string of the molecule is Cc1cc(NS(=O)(=O)O)ccc1N.[Br-].[K+]. The summed E-state index contributed by atoms with van der Waals surface area (Å²) in [6.07, 6.45) is 0. The van der Waals surface area contributed by atoms with Crippen LogP contribution in [0.25, 0.3) is 0 Å². The molecule has 15 heavy (non-hydrogen) atoms.